The van der Waals surface area contributed by atoms with E-state index in [1.807, 2.05) is 24.3 Å². The van der Waals surface area contributed by atoms with E-state index in [9.17, 15) is 13.2 Å². The highest BCUT2D eigenvalue weighted by Crippen LogP contribution is 2.38. The molecule has 1 atom stereocenters. The third-order valence-corrected chi connectivity index (χ3v) is 8.85. The number of amidine groups is 1. The Hall–Kier alpha value is -3.43. The van der Waals surface area contributed by atoms with Crippen LogP contribution in [0.5, 0.6) is 0 Å². The second kappa shape index (κ2) is 8.98. The van der Waals surface area contributed by atoms with Crippen LogP contribution in [0.3, 0.4) is 0 Å². The first-order chi connectivity index (χ1) is 16.7. The van der Waals surface area contributed by atoms with Crippen molar-refractivity contribution in [2.45, 2.75) is 55.1 Å². The highest BCUT2D eigenvalue weighted by molar-refractivity contribution is 7.93. The number of hydrogen-bond donors (Lipinski definition) is 4. The normalized spacial score (nSPS) is 22.1. The van der Waals surface area contributed by atoms with Crippen LogP contribution in [-0.2, 0) is 21.2 Å². The first-order valence-electron chi connectivity index (χ1n) is 11.8. The van der Waals surface area contributed by atoms with Crippen LogP contribution in [0.1, 0.15) is 36.8 Å². The van der Waals surface area contributed by atoms with Gasteiger partial charge in [0, 0.05) is 24.1 Å². The van der Waals surface area contributed by atoms with E-state index < -0.39 is 16.1 Å². The molecule has 182 valence electrons. The van der Waals surface area contributed by atoms with E-state index in [-0.39, 0.29) is 35.1 Å². The van der Waals surface area contributed by atoms with Crippen molar-refractivity contribution in [3.63, 3.8) is 0 Å². The lowest BCUT2D eigenvalue weighted by molar-refractivity contribution is -0.123. The Morgan fingerprint density at radius 2 is 1.69 bits per heavy atom. The van der Waals surface area contributed by atoms with Gasteiger partial charge < -0.3 is 16.8 Å². The number of nitrogens with one attached hydrogen (secondary N) is 2. The van der Waals surface area contributed by atoms with E-state index >= 15 is 0 Å². The molecule has 6 N–H and O–H groups in total. The summed E-state index contributed by atoms with van der Waals surface area (Å²) in [6.45, 7) is 0. The maximum Gasteiger partial charge on any atom is 0.265 e. The van der Waals surface area contributed by atoms with Crippen molar-refractivity contribution in [1.82, 2.24) is 5.32 Å². The minimum Gasteiger partial charge on any atom is -0.384 e. The van der Waals surface area contributed by atoms with Crippen LogP contribution in [-0.4, -0.2) is 38.3 Å². The van der Waals surface area contributed by atoms with Crippen molar-refractivity contribution in [3.05, 3.63) is 71.8 Å². The van der Waals surface area contributed by atoms with Crippen LogP contribution in [0.2, 0.25) is 0 Å². The fourth-order valence-electron chi connectivity index (χ4n) is 5.07. The summed E-state index contributed by atoms with van der Waals surface area (Å²) < 4.78 is 29.2. The van der Waals surface area contributed by atoms with Gasteiger partial charge in [-0.15, -0.1) is 0 Å². The van der Waals surface area contributed by atoms with Gasteiger partial charge in [-0.1, -0.05) is 42.5 Å². The average molecular weight is 492 g/mol. The van der Waals surface area contributed by atoms with Gasteiger partial charge in [0.25, 0.3) is 10.0 Å². The van der Waals surface area contributed by atoms with Gasteiger partial charge in [0.05, 0.1) is 10.6 Å². The summed E-state index contributed by atoms with van der Waals surface area (Å²) in [6, 6.07) is 16.7. The molecule has 0 spiro atoms. The molecule has 1 aliphatic carbocycles. The second-order valence-corrected chi connectivity index (χ2v) is 11.2. The number of nitrogens with two attached hydrogens (primary N) is 2. The number of amides is 1. The number of rotatable bonds is 5. The Kier molecular flexibility index (Phi) is 5.98. The van der Waals surface area contributed by atoms with Gasteiger partial charge in [-0.3, -0.25) is 14.5 Å². The molecule has 3 aromatic carbocycles. The predicted octanol–water partition coefficient (Wildman–Crippen LogP) is 2.63. The Morgan fingerprint density at radius 1 is 0.971 bits per heavy atom. The maximum atomic E-state index is 14.0. The van der Waals surface area contributed by atoms with Crippen molar-refractivity contribution in [2.75, 3.05) is 4.31 Å². The number of benzene rings is 3. The van der Waals surface area contributed by atoms with Crippen molar-refractivity contribution < 1.29 is 13.2 Å². The van der Waals surface area contributed by atoms with E-state index in [4.69, 9.17) is 16.9 Å². The highest BCUT2D eigenvalue weighted by atomic mass is 32.2. The fourth-order valence-corrected chi connectivity index (χ4v) is 6.74. The molecule has 1 amide bonds. The Labute approximate surface area is 204 Å². The molecule has 5 rings (SSSR count). The minimum absolute atomic E-state index is 0.0241. The summed E-state index contributed by atoms with van der Waals surface area (Å²) in [6.07, 6.45) is 3.46. The number of nitrogen functional groups attached to an aromatic ring is 1. The van der Waals surface area contributed by atoms with E-state index in [0.717, 1.165) is 42.0 Å². The molecule has 2 aliphatic rings. The molecule has 0 bridgehead atoms. The molecule has 1 aliphatic heterocycles. The SMILES string of the molecule is N=C(N)c1ccc2c(c1)N(S(=O)(=O)c1ccc3ccccc3c1)C(C(=O)NC1CCC(N)CC1)C2. The molecule has 0 saturated heterocycles. The van der Waals surface area contributed by atoms with Crippen LogP contribution in [0, 0.1) is 5.41 Å². The first-order valence-corrected chi connectivity index (χ1v) is 13.2. The van der Waals surface area contributed by atoms with Gasteiger partial charge in [0.2, 0.25) is 5.91 Å². The fraction of sp³-hybridized carbons (Fsp3) is 0.308. The van der Waals surface area contributed by atoms with Crippen molar-refractivity contribution in [1.29, 1.82) is 5.41 Å². The number of anilines is 1. The molecule has 0 aromatic heterocycles. The van der Waals surface area contributed by atoms with E-state index in [0.29, 0.717) is 11.3 Å². The second-order valence-electron chi connectivity index (χ2n) is 9.41. The van der Waals surface area contributed by atoms with Gasteiger partial charge in [0.1, 0.15) is 11.9 Å². The molecule has 1 unspecified atom stereocenters. The molecule has 35 heavy (non-hydrogen) atoms. The number of hydrogen-bond acceptors (Lipinski definition) is 5. The minimum atomic E-state index is -4.09. The molecule has 0 radical (unpaired) electrons. The van der Waals surface area contributed by atoms with Gasteiger partial charge >= 0.3 is 0 Å². The van der Waals surface area contributed by atoms with E-state index in [2.05, 4.69) is 5.32 Å². The lowest BCUT2D eigenvalue weighted by atomic mass is 9.91. The van der Waals surface area contributed by atoms with Crippen LogP contribution >= 0.6 is 0 Å². The maximum absolute atomic E-state index is 14.0. The number of nitrogens with zero attached hydrogens (tertiary/aromatic N) is 1. The molecule has 1 heterocycles. The van der Waals surface area contributed by atoms with E-state index in [1.165, 1.54) is 4.31 Å². The van der Waals surface area contributed by atoms with Crippen LogP contribution < -0.4 is 21.1 Å². The summed E-state index contributed by atoms with van der Waals surface area (Å²) in [7, 11) is -4.09. The third-order valence-electron chi connectivity index (χ3n) is 7.03. The third kappa shape index (κ3) is 4.37. The van der Waals surface area contributed by atoms with Gasteiger partial charge in [0.15, 0.2) is 0 Å². The smallest absolute Gasteiger partial charge is 0.265 e. The van der Waals surface area contributed by atoms with Crippen molar-refractivity contribution in [2.24, 2.45) is 11.5 Å². The molecule has 8 nitrogen and oxygen atoms in total. The Balaban J connectivity index is 1.55. The summed E-state index contributed by atoms with van der Waals surface area (Å²) in [5, 5.41) is 12.6. The van der Waals surface area contributed by atoms with Gasteiger partial charge in [-0.25, -0.2) is 8.42 Å². The monoisotopic (exact) mass is 491 g/mol. The number of carbonyl (C=O) groups is 1. The lowest BCUT2D eigenvalue weighted by Gasteiger charge is -2.31. The topological polar surface area (TPSA) is 142 Å². The number of fused-ring (bicyclic) bond motifs is 2. The van der Waals surface area contributed by atoms with Gasteiger partial charge in [-0.2, -0.15) is 0 Å². The molecule has 1 saturated carbocycles. The highest BCUT2D eigenvalue weighted by Gasteiger charge is 2.43. The summed E-state index contributed by atoms with van der Waals surface area (Å²) >= 11 is 0. The summed E-state index contributed by atoms with van der Waals surface area (Å²) in [4.78, 5) is 13.6. The number of sulfonamides is 1. The first kappa shape index (κ1) is 23.3. The van der Waals surface area contributed by atoms with Crippen LogP contribution in [0.15, 0.2) is 65.6 Å². The quantitative estimate of drug-likeness (QED) is 0.321. The Bertz CT molecular complexity index is 1410. The van der Waals surface area contributed by atoms with Crippen LogP contribution in [0.4, 0.5) is 5.69 Å². The zero-order chi connectivity index (χ0) is 24.7. The average Bonchev–Trinajstić information content (AvgIpc) is 3.25. The zero-order valence-corrected chi connectivity index (χ0v) is 20.1. The van der Waals surface area contributed by atoms with Crippen molar-refractivity contribution >= 4 is 38.2 Å². The lowest BCUT2D eigenvalue weighted by Crippen LogP contribution is -2.51. The van der Waals surface area contributed by atoms with Crippen LogP contribution in [0.25, 0.3) is 10.8 Å². The molecular formula is C26H29N5O3S. The summed E-state index contributed by atoms with van der Waals surface area (Å²) in [5.41, 5.74) is 13.2. The molecular weight excluding hydrogens is 462 g/mol. The number of carbonyl (C=O) groups excluding carboxylic acids is 1. The molecule has 1 fully saturated rings. The zero-order valence-electron chi connectivity index (χ0n) is 19.3. The standard InChI is InChI=1S/C26H29N5O3S/c27-20-8-10-21(11-9-20)30-26(32)24-14-18-5-6-19(25(28)29)15-23(18)31(24)35(33,34)22-12-7-16-3-1-2-4-17(16)13-22/h1-7,12-13,15,20-21,24H,8-11,14,27H2,(H3,28,29)(H,30,32). The van der Waals surface area contributed by atoms with Crippen molar-refractivity contribution in [3.8, 4) is 0 Å². The van der Waals surface area contributed by atoms with E-state index in [1.54, 1.807) is 36.4 Å². The van der Waals surface area contributed by atoms with Gasteiger partial charge in [-0.05, 0) is 60.2 Å². The largest absolute Gasteiger partial charge is 0.384 e. The predicted molar refractivity (Wildman–Crippen MR) is 137 cm³/mol. The molecule has 9 heteroatoms. The summed E-state index contributed by atoms with van der Waals surface area (Å²) in [5.74, 6) is -0.488. The Morgan fingerprint density at radius 3 is 2.40 bits per heavy atom. The molecule has 3 aromatic rings.